The summed E-state index contributed by atoms with van der Waals surface area (Å²) in [5, 5.41) is 11.6. The first kappa shape index (κ1) is 11.6. The Morgan fingerprint density at radius 3 is 3.00 bits per heavy atom. The highest BCUT2D eigenvalue weighted by Crippen LogP contribution is 2.15. The zero-order valence-electron chi connectivity index (χ0n) is 8.36. The van der Waals surface area contributed by atoms with E-state index in [-0.39, 0.29) is 12.3 Å². The third-order valence-corrected chi connectivity index (χ3v) is 2.66. The lowest BCUT2D eigenvalue weighted by Gasteiger charge is -2.05. The number of hydrogen-bond acceptors (Lipinski definition) is 5. The number of carbonyl (C=O) groups is 1. The summed E-state index contributed by atoms with van der Waals surface area (Å²) in [6, 6.07) is -0.691. The Kier molecular flexibility index (Phi) is 4.21. The average molecular weight is 224 g/mol. The van der Waals surface area contributed by atoms with Gasteiger partial charge in [0.1, 0.15) is 5.01 Å². The number of nitrogens with two attached hydrogens (primary N) is 1. The van der Waals surface area contributed by atoms with Crippen LogP contribution in [0.2, 0.25) is 0 Å². The van der Waals surface area contributed by atoms with Crippen molar-refractivity contribution in [2.45, 2.75) is 25.8 Å². The van der Waals surface area contributed by atoms with E-state index in [1.165, 1.54) is 11.3 Å². The largest absolute Gasteiger partial charge is 0.319 e. The SMILES string of the molecule is C#CCC(N)C(=O)Nc1nnc(CC)s1. The molecule has 0 aliphatic carbocycles. The van der Waals surface area contributed by atoms with Crippen molar-refractivity contribution in [1.29, 1.82) is 0 Å². The van der Waals surface area contributed by atoms with Crippen molar-refractivity contribution in [3.05, 3.63) is 5.01 Å². The molecule has 5 nitrogen and oxygen atoms in total. The highest BCUT2D eigenvalue weighted by molar-refractivity contribution is 7.15. The lowest BCUT2D eigenvalue weighted by Crippen LogP contribution is -2.35. The molecule has 1 aromatic heterocycles. The number of aryl methyl sites for hydroxylation is 1. The van der Waals surface area contributed by atoms with Gasteiger partial charge in [-0.3, -0.25) is 10.1 Å². The average Bonchev–Trinajstić information content (AvgIpc) is 2.66. The van der Waals surface area contributed by atoms with E-state index in [1.807, 2.05) is 6.92 Å². The molecule has 0 aromatic carbocycles. The molecule has 0 saturated carbocycles. The highest BCUT2D eigenvalue weighted by atomic mass is 32.1. The molecule has 0 spiro atoms. The summed E-state index contributed by atoms with van der Waals surface area (Å²) in [4.78, 5) is 11.4. The van der Waals surface area contributed by atoms with Gasteiger partial charge in [0.05, 0.1) is 6.04 Å². The van der Waals surface area contributed by atoms with E-state index < -0.39 is 6.04 Å². The van der Waals surface area contributed by atoms with Gasteiger partial charge in [0, 0.05) is 6.42 Å². The van der Waals surface area contributed by atoms with Crippen LogP contribution in [0.3, 0.4) is 0 Å². The fourth-order valence-corrected chi connectivity index (χ4v) is 1.55. The van der Waals surface area contributed by atoms with E-state index in [0.717, 1.165) is 11.4 Å². The van der Waals surface area contributed by atoms with Crippen molar-refractivity contribution in [1.82, 2.24) is 10.2 Å². The number of anilines is 1. The Labute approximate surface area is 92.1 Å². The molecular weight excluding hydrogens is 212 g/mol. The Bertz CT molecular complexity index is 382. The van der Waals surface area contributed by atoms with Gasteiger partial charge in [-0.15, -0.1) is 22.5 Å². The molecule has 1 atom stereocenters. The second kappa shape index (κ2) is 5.44. The molecule has 80 valence electrons. The lowest BCUT2D eigenvalue weighted by molar-refractivity contribution is -0.117. The van der Waals surface area contributed by atoms with Crippen LogP contribution < -0.4 is 11.1 Å². The number of nitrogens with one attached hydrogen (secondary N) is 1. The van der Waals surface area contributed by atoms with Crippen molar-refractivity contribution in [3.63, 3.8) is 0 Å². The highest BCUT2D eigenvalue weighted by Gasteiger charge is 2.14. The van der Waals surface area contributed by atoms with Crippen LogP contribution in [-0.4, -0.2) is 22.1 Å². The number of hydrogen-bond donors (Lipinski definition) is 2. The molecule has 1 heterocycles. The van der Waals surface area contributed by atoms with Gasteiger partial charge in [0.25, 0.3) is 0 Å². The number of rotatable bonds is 4. The summed E-state index contributed by atoms with van der Waals surface area (Å²) >= 11 is 1.34. The van der Waals surface area contributed by atoms with Crippen molar-refractivity contribution in [3.8, 4) is 12.3 Å². The van der Waals surface area contributed by atoms with Crippen molar-refractivity contribution in [2.24, 2.45) is 5.73 Å². The quantitative estimate of drug-likeness (QED) is 0.725. The molecule has 6 heteroatoms. The summed E-state index contributed by atoms with van der Waals surface area (Å²) in [5.74, 6) is 2.00. The molecule has 0 aliphatic heterocycles. The van der Waals surface area contributed by atoms with E-state index in [2.05, 4.69) is 21.4 Å². The molecule has 0 bridgehead atoms. The lowest BCUT2D eigenvalue weighted by atomic mass is 10.2. The maximum atomic E-state index is 11.4. The van der Waals surface area contributed by atoms with Gasteiger partial charge in [-0.05, 0) is 6.42 Å². The molecule has 1 rings (SSSR count). The van der Waals surface area contributed by atoms with Crippen LogP contribution in [0, 0.1) is 12.3 Å². The minimum Gasteiger partial charge on any atom is -0.319 e. The minimum absolute atomic E-state index is 0.214. The minimum atomic E-state index is -0.691. The first-order valence-corrected chi connectivity index (χ1v) is 5.31. The van der Waals surface area contributed by atoms with Gasteiger partial charge >= 0.3 is 0 Å². The van der Waals surface area contributed by atoms with Gasteiger partial charge in [-0.2, -0.15) is 0 Å². The predicted octanol–water partition coefficient (Wildman–Crippen LogP) is 0.390. The van der Waals surface area contributed by atoms with Crippen LogP contribution in [0.4, 0.5) is 5.13 Å². The smallest absolute Gasteiger partial charge is 0.244 e. The van der Waals surface area contributed by atoms with Crippen molar-refractivity contribution >= 4 is 22.4 Å². The van der Waals surface area contributed by atoms with Gasteiger partial charge in [-0.25, -0.2) is 0 Å². The first-order valence-electron chi connectivity index (χ1n) is 4.49. The van der Waals surface area contributed by atoms with Crippen LogP contribution in [-0.2, 0) is 11.2 Å². The van der Waals surface area contributed by atoms with Crippen molar-refractivity contribution < 1.29 is 4.79 Å². The summed E-state index contributed by atoms with van der Waals surface area (Å²) in [6.45, 7) is 1.97. The monoisotopic (exact) mass is 224 g/mol. The van der Waals surface area contributed by atoms with E-state index >= 15 is 0 Å². The molecule has 1 unspecified atom stereocenters. The molecular formula is C9H12N4OS. The second-order valence-electron chi connectivity index (χ2n) is 2.86. The standard InChI is InChI=1S/C9H12N4OS/c1-3-5-6(10)8(14)11-9-13-12-7(4-2)15-9/h1,6H,4-5,10H2,2H3,(H,11,13,14). The normalized spacial score (nSPS) is 11.8. The fraction of sp³-hybridized carbons (Fsp3) is 0.444. The Hall–Kier alpha value is -1.45. The number of nitrogens with zero attached hydrogens (tertiary/aromatic N) is 2. The van der Waals surface area contributed by atoms with E-state index in [9.17, 15) is 4.79 Å². The molecule has 0 aliphatic rings. The summed E-state index contributed by atoms with van der Waals surface area (Å²) in [6.07, 6.45) is 6.06. The third kappa shape index (κ3) is 3.31. The van der Waals surface area contributed by atoms with Gasteiger partial charge in [-0.1, -0.05) is 18.3 Å². The molecule has 1 amide bonds. The molecule has 0 fully saturated rings. The maximum Gasteiger partial charge on any atom is 0.244 e. The van der Waals surface area contributed by atoms with E-state index in [0.29, 0.717) is 5.13 Å². The molecule has 15 heavy (non-hydrogen) atoms. The molecule has 0 saturated heterocycles. The Balaban J connectivity index is 2.55. The predicted molar refractivity (Wildman–Crippen MR) is 59.3 cm³/mol. The first-order chi connectivity index (χ1) is 7.17. The topological polar surface area (TPSA) is 80.9 Å². The van der Waals surface area contributed by atoms with Gasteiger partial charge in [0.15, 0.2) is 0 Å². The van der Waals surface area contributed by atoms with Crippen LogP contribution in [0.15, 0.2) is 0 Å². The van der Waals surface area contributed by atoms with Gasteiger partial charge in [0.2, 0.25) is 11.0 Å². The third-order valence-electron chi connectivity index (χ3n) is 1.67. The fourth-order valence-electron chi connectivity index (χ4n) is 0.865. The zero-order chi connectivity index (χ0) is 11.3. The van der Waals surface area contributed by atoms with Crippen LogP contribution >= 0.6 is 11.3 Å². The van der Waals surface area contributed by atoms with E-state index in [4.69, 9.17) is 12.2 Å². The van der Waals surface area contributed by atoms with Crippen molar-refractivity contribution in [2.75, 3.05) is 5.32 Å². The van der Waals surface area contributed by atoms with Crippen LogP contribution in [0.25, 0.3) is 0 Å². The number of aromatic nitrogens is 2. The number of amides is 1. The van der Waals surface area contributed by atoms with E-state index in [1.54, 1.807) is 0 Å². The summed E-state index contributed by atoms with van der Waals surface area (Å²) < 4.78 is 0. The molecule has 1 aromatic rings. The van der Waals surface area contributed by atoms with Gasteiger partial charge < -0.3 is 5.73 Å². The van der Waals surface area contributed by atoms with Crippen LogP contribution in [0.1, 0.15) is 18.4 Å². The van der Waals surface area contributed by atoms with Crippen LogP contribution in [0.5, 0.6) is 0 Å². The molecule has 3 N–H and O–H groups in total. The maximum absolute atomic E-state index is 11.4. The number of carbonyl (C=O) groups excluding carboxylic acids is 1. The molecule has 0 radical (unpaired) electrons. The summed E-state index contributed by atoms with van der Waals surface area (Å²) in [5.41, 5.74) is 5.52. The Morgan fingerprint density at radius 1 is 1.73 bits per heavy atom. The number of terminal acetylenes is 1. The Morgan fingerprint density at radius 2 is 2.47 bits per heavy atom. The second-order valence-corrected chi connectivity index (χ2v) is 3.92. The zero-order valence-corrected chi connectivity index (χ0v) is 9.17. The summed E-state index contributed by atoms with van der Waals surface area (Å²) in [7, 11) is 0.